The molecule has 0 unspecified atom stereocenters. The third-order valence-electron chi connectivity index (χ3n) is 3.83. The van der Waals surface area contributed by atoms with Gasteiger partial charge < -0.3 is 9.84 Å². The molecule has 0 bridgehead atoms. The molecule has 0 spiro atoms. The lowest BCUT2D eigenvalue weighted by Crippen LogP contribution is -2.14. The van der Waals surface area contributed by atoms with E-state index in [1.165, 1.54) is 23.8 Å². The van der Waals surface area contributed by atoms with E-state index in [9.17, 15) is 14.7 Å². The van der Waals surface area contributed by atoms with Crippen LogP contribution in [0.2, 0.25) is 0 Å². The molecule has 23 heavy (non-hydrogen) atoms. The summed E-state index contributed by atoms with van der Waals surface area (Å²) < 4.78 is 5.00. The molecule has 0 aromatic heterocycles. The largest absolute Gasteiger partial charge is 0.508 e. The van der Waals surface area contributed by atoms with Crippen molar-refractivity contribution >= 4 is 11.8 Å². The quantitative estimate of drug-likeness (QED) is 0.648. The first-order chi connectivity index (χ1) is 11.0. The number of benzene rings is 2. The Hall–Kier alpha value is -2.62. The first-order valence-electron chi connectivity index (χ1n) is 7.60. The predicted molar refractivity (Wildman–Crippen MR) is 87.9 cm³/mol. The Morgan fingerprint density at radius 3 is 2.39 bits per heavy atom. The minimum Gasteiger partial charge on any atom is -0.508 e. The summed E-state index contributed by atoms with van der Waals surface area (Å²) in [6, 6.07) is 13.2. The molecule has 120 valence electrons. The monoisotopic (exact) mass is 312 g/mol. The van der Waals surface area contributed by atoms with Crippen molar-refractivity contribution in [1.82, 2.24) is 0 Å². The zero-order chi connectivity index (χ0) is 16.8. The van der Waals surface area contributed by atoms with E-state index in [1.54, 1.807) is 18.2 Å². The van der Waals surface area contributed by atoms with E-state index < -0.39 is 5.97 Å². The fourth-order valence-corrected chi connectivity index (χ4v) is 2.16. The van der Waals surface area contributed by atoms with E-state index in [1.807, 2.05) is 12.1 Å². The number of phenols is 1. The predicted octanol–water partition coefficient (Wildman–Crippen LogP) is 3.95. The molecule has 2 aromatic carbocycles. The normalized spacial score (nSPS) is 11.7. The molecule has 4 nitrogen and oxygen atoms in total. The fourth-order valence-electron chi connectivity index (χ4n) is 2.16. The summed E-state index contributed by atoms with van der Waals surface area (Å²) in [6.07, 6.45) is 1.04. The Kier molecular flexibility index (Phi) is 5.52. The summed E-state index contributed by atoms with van der Waals surface area (Å²) in [5.41, 5.74) is 1.91. The zero-order valence-corrected chi connectivity index (χ0v) is 13.3. The van der Waals surface area contributed by atoms with Crippen LogP contribution in [0.5, 0.6) is 5.75 Å². The Morgan fingerprint density at radius 2 is 1.78 bits per heavy atom. The smallest absolute Gasteiger partial charge is 0.338 e. The van der Waals surface area contributed by atoms with Gasteiger partial charge in [-0.25, -0.2) is 4.79 Å². The molecule has 0 saturated carbocycles. The number of aromatic hydroxyl groups is 1. The van der Waals surface area contributed by atoms with Gasteiger partial charge in [0.25, 0.3) is 0 Å². The lowest BCUT2D eigenvalue weighted by atomic mass is 9.97. The summed E-state index contributed by atoms with van der Waals surface area (Å²) in [7, 11) is 0. The Bertz CT molecular complexity index is 689. The van der Waals surface area contributed by atoms with E-state index in [2.05, 4.69) is 13.8 Å². The van der Waals surface area contributed by atoms with Gasteiger partial charge in [-0.05, 0) is 36.1 Å². The molecule has 1 atom stereocenters. The van der Waals surface area contributed by atoms with E-state index in [0.717, 1.165) is 6.42 Å². The summed E-state index contributed by atoms with van der Waals surface area (Å²) in [5, 5.41) is 9.33. The Labute approximate surface area is 135 Å². The van der Waals surface area contributed by atoms with Crippen LogP contribution in [0.1, 0.15) is 52.5 Å². The second kappa shape index (κ2) is 7.58. The number of carbonyl (C=O) groups is 2. The third kappa shape index (κ3) is 4.42. The lowest BCUT2D eigenvalue weighted by molar-refractivity contribution is 0.0474. The third-order valence-corrected chi connectivity index (χ3v) is 3.83. The van der Waals surface area contributed by atoms with Gasteiger partial charge in [-0.15, -0.1) is 0 Å². The number of Topliss-reactive ketones (excluding diaryl/α,β-unsaturated/α-hetero) is 1. The Balaban J connectivity index is 1.95. The molecular weight excluding hydrogens is 292 g/mol. The van der Waals surface area contributed by atoms with E-state index in [-0.39, 0.29) is 23.7 Å². The van der Waals surface area contributed by atoms with Crippen molar-refractivity contribution in [3.05, 3.63) is 65.2 Å². The first-order valence-corrected chi connectivity index (χ1v) is 7.60. The lowest BCUT2D eigenvalue weighted by Gasteiger charge is -2.09. The average Bonchev–Trinajstić information content (AvgIpc) is 2.58. The number of rotatable bonds is 6. The van der Waals surface area contributed by atoms with Crippen LogP contribution in [0, 0.1) is 0 Å². The van der Waals surface area contributed by atoms with Crippen molar-refractivity contribution in [3.8, 4) is 5.75 Å². The molecule has 2 rings (SSSR count). The van der Waals surface area contributed by atoms with Crippen LogP contribution in [-0.2, 0) is 4.74 Å². The van der Waals surface area contributed by atoms with Crippen molar-refractivity contribution in [2.75, 3.05) is 6.61 Å². The number of ether oxygens (including phenoxy) is 1. The molecule has 0 fully saturated rings. The molecular formula is C19H20O4. The van der Waals surface area contributed by atoms with Crippen molar-refractivity contribution < 1.29 is 19.4 Å². The van der Waals surface area contributed by atoms with Gasteiger partial charge in [0, 0.05) is 5.56 Å². The second-order valence-corrected chi connectivity index (χ2v) is 5.48. The molecule has 0 aliphatic rings. The number of hydrogen-bond donors (Lipinski definition) is 1. The Morgan fingerprint density at radius 1 is 1.09 bits per heavy atom. The molecule has 0 radical (unpaired) electrons. The van der Waals surface area contributed by atoms with Crippen molar-refractivity contribution in [1.29, 1.82) is 0 Å². The summed E-state index contributed by atoms with van der Waals surface area (Å²) in [6.45, 7) is 3.93. The second-order valence-electron chi connectivity index (χ2n) is 5.48. The van der Waals surface area contributed by atoms with Gasteiger partial charge in [-0.1, -0.05) is 44.2 Å². The fraction of sp³-hybridized carbons (Fsp3) is 0.263. The van der Waals surface area contributed by atoms with Crippen LogP contribution < -0.4 is 0 Å². The molecule has 0 saturated heterocycles. The number of esters is 1. The van der Waals surface area contributed by atoms with Crippen molar-refractivity contribution in [2.45, 2.75) is 26.2 Å². The summed E-state index contributed by atoms with van der Waals surface area (Å²) >= 11 is 0. The molecule has 0 amide bonds. The zero-order valence-electron chi connectivity index (χ0n) is 13.3. The van der Waals surface area contributed by atoms with Gasteiger partial charge >= 0.3 is 5.97 Å². The molecule has 0 aliphatic heterocycles. The maximum atomic E-state index is 12.1. The van der Waals surface area contributed by atoms with Crippen LogP contribution >= 0.6 is 0 Å². The van der Waals surface area contributed by atoms with Gasteiger partial charge in [0.2, 0.25) is 0 Å². The average molecular weight is 312 g/mol. The molecule has 4 heteroatoms. The van der Waals surface area contributed by atoms with E-state index in [0.29, 0.717) is 11.5 Å². The van der Waals surface area contributed by atoms with Gasteiger partial charge in [0.05, 0.1) is 5.56 Å². The molecule has 1 N–H and O–H groups in total. The van der Waals surface area contributed by atoms with Crippen molar-refractivity contribution in [2.24, 2.45) is 0 Å². The van der Waals surface area contributed by atoms with Gasteiger partial charge in [0.15, 0.2) is 12.4 Å². The van der Waals surface area contributed by atoms with Crippen LogP contribution in [-0.4, -0.2) is 23.5 Å². The molecule has 2 aromatic rings. The minimum atomic E-state index is -0.634. The topological polar surface area (TPSA) is 63.6 Å². The van der Waals surface area contributed by atoms with Crippen LogP contribution in [0.15, 0.2) is 48.5 Å². The molecule has 0 heterocycles. The van der Waals surface area contributed by atoms with Gasteiger partial charge in [-0.3, -0.25) is 4.79 Å². The maximum absolute atomic E-state index is 12.1. The van der Waals surface area contributed by atoms with Gasteiger partial charge in [-0.2, -0.15) is 0 Å². The van der Waals surface area contributed by atoms with Crippen LogP contribution in [0.4, 0.5) is 0 Å². The highest BCUT2D eigenvalue weighted by molar-refractivity contribution is 5.99. The minimum absolute atomic E-state index is 0.0218. The number of phenolic OH excluding ortho intramolecular Hbond substituents is 1. The van der Waals surface area contributed by atoms with E-state index >= 15 is 0 Å². The van der Waals surface area contributed by atoms with Crippen molar-refractivity contribution in [3.63, 3.8) is 0 Å². The maximum Gasteiger partial charge on any atom is 0.338 e. The highest BCUT2D eigenvalue weighted by Gasteiger charge is 2.13. The number of hydrogen-bond acceptors (Lipinski definition) is 4. The first kappa shape index (κ1) is 16.7. The SMILES string of the molecule is CC[C@@H](C)c1ccc(C(=O)COC(=O)c2cccc(O)c2)cc1. The number of ketones is 1. The highest BCUT2D eigenvalue weighted by Crippen LogP contribution is 2.19. The number of carbonyl (C=O) groups excluding carboxylic acids is 2. The highest BCUT2D eigenvalue weighted by atomic mass is 16.5. The standard InChI is InChI=1S/C19H20O4/c1-3-13(2)14-7-9-15(10-8-14)18(21)12-23-19(22)16-5-4-6-17(20)11-16/h4-11,13,20H,3,12H2,1-2H3/t13-/m1/s1. The summed E-state index contributed by atoms with van der Waals surface area (Å²) in [5.74, 6) is -0.464. The van der Waals surface area contributed by atoms with Gasteiger partial charge in [0.1, 0.15) is 5.75 Å². The van der Waals surface area contributed by atoms with E-state index in [4.69, 9.17) is 4.74 Å². The van der Waals surface area contributed by atoms with Crippen LogP contribution in [0.25, 0.3) is 0 Å². The van der Waals surface area contributed by atoms with Crippen LogP contribution in [0.3, 0.4) is 0 Å². The summed E-state index contributed by atoms with van der Waals surface area (Å²) in [4.78, 5) is 23.9. The molecule has 0 aliphatic carbocycles.